The number of hydrogen-bond donors (Lipinski definition) is 1. The molecule has 2 heteroatoms. The number of rotatable bonds is 16. The maximum atomic E-state index is 11.9. The molecule has 0 saturated carbocycles. The predicted molar refractivity (Wildman–Crippen MR) is 101 cm³/mol. The highest BCUT2D eigenvalue weighted by Gasteiger charge is 2.37. The third-order valence-electron chi connectivity index (χ3n) is 5.43. The summed E-state index contributed by atoms with van der Waals surface area (Å²) < 4.78 is 0. The van der Waals surface area contributed by atoms with Gasteiger partial charge in [0, 0.05) is 0 Å². The van der Waals surface area contributed by atoms with Gasteiger partial charge in [0.05, 0.1) is 5.41 Å². The molecule has 2 atom stereocenters. The number of carbonyl (C=O) groups is 1. The Morgan fingerprint density at radius 3 is 1.91 bits per heavy atom. The van der Waals surface area contributed by atoms with Crippen LogP contribution in [0.4, 0.5) is 0 Å². The summed E-state index contributed by atoms with van der Waals surface area (Å²) in [7, 11) is 0. The molecule has 0 aromatic heterocycles. The summed E-state index contributed by atoms with van der Waals surface area (Å²) in [6, 6.07) is 0. The molecule has 2 unspecified atom stereocenters. The van der Waals surface area contributed by atoms with Crippen LogP contribution in [0, 0.1) is 11.3 Å². The molecule has 1 N–H and O–H groups in total. The van der Waals surface area contributed by atoms with Crippen molar-refractivity contribution in [2.24, 2.45) is 11.3 Å². The molecule has 0 aliphatic heterocycles. The number of unbranched alkanes of at least 4 members (excludes halogenated alkanes) is 8. The Bertz CT molecular complexity index is 288. The Kier molecular flexibility index (Phi) is 13.5. The van der Waals surface area contributed by atoms with E-state index >= 15 is 0 Å². The lowest BCUT2D eigenvalue weighted by molar-refractivity contribution is -0.151. The van der Waals surface area contributed by atoms with Crippen LogP contribution in [-0.2, 0) is 4.79 Å². The molecule has 0 aromatic carbocycles. The van der Waals surface area contributed by atoms with Crippen LogP contribution in [0.15, 0.2) is 0 Å². The zero-order valence-corrected chi connectivity index (χ0v) is 16.3. The standard InChI is InChI=1S/C21H42O2/c1-5-8-10-12-13-14-16-19(4)18-21(7-3,20(22)23)17-15-11-9-6-2/h19H,5-18H2,1-4H3,(H,22,23). The van der Waals surface area contributed by atoms with Crippen LogP contribution in [0.25, 0.3) is 0 Å². The zero-order valence-electron chi connectivity index (χ0n) is 16.3. The summed E-state index contributed by atoms with van der Waals surface area (Å²) in [5, 5.41) is 9.80. The average molecular weight is 327 g/mol. The van der Waals surface area contributed by atoms with Crippen molar-refractivity contribution in [3.8, 4) is 0 Å². The summed E-state index contributed by atoms with van der Waals surface area (Å²) >= 11 is 0. The highest BCUT2D eigenvalue weighted by atomic mass is 16.4. The van der Waals surface area contributed by atoms with E-state index in [1.165, 1.54) is 64.2 Å². The first-order valence-corrected chi connectivity index (χ1v) is 10.3. The Morgan fingerprint density at radius 1 is 0.870 bits per heavy atom. The van der Waals surface area contributed by atoms with Gasteiger partial charge in [0.25, 0.3) is 0 Å². The van der Waals surface area contributed by atoms with Gasteiger partial charge >= 0.3 is 5.97 Å². The van der Waals surface area contributed by atoms with Gasteiger partial charge < -0.3 is 5.11 Å². The SMILES string of the molecule is CCCCCCCCC(C)CC(CC)(CCCCCC)C(=O)O. The molecular formula is C21H42O2. The molecule has 2 nitrogen and oxygen atoms in total. The molecule has 0 aliphatic carbocycles. The number of carboxylic acid groups (broad SMARTS) is 1. The van der Waals surface area contributed by atoms with E-state index in [1.54, 1.807) is 0 Å². The lowest BCUT2D eigenvalue weighted by Crippen LogP contribution is -2.32. The summed E-state index contributed by atoms with van der Waals surface area (Å²) in [6.07, 6.45) is 16.3. The fraction of sp³-hybridized carbons (Fsp3) is 0.952. The normalized spacial score (nSPS) is 15.3. The van der Waals surface area contributed by atoms with E-state index in [4.69, 9.17) is 0 Å². The molecular weight excluding hydrogens is 284 g/mol. The molecule has 0 fully saturated rings. The van der Waals surface area contributed by atoms with Gasteiger partial charge in [0.1, 0.15) is 0 Å². The lowest BCUT2D eigenvalue weighted by Gasteiger charge is -2.31. The topological polar surface area (TPSA) is 37.3 Å². The van der Waals surface area contributed by atoms with Crippen molar-refractivity contribution in [3.05, 3.63) is 0 Å². The Morgan fingerprint density at radius 2 is 1.39 bits per heavy atom. The Balaban J connectivity index is 4.21. The first-order valence-electron chi connectivity index (χ1n) is 10.3. The third-order valence-corrected chi connectivity index (χ3v) is 5.43. The molecule has 23 heavy (non-hydrogen) atoms. The van der Waals surface area contributed by atoms with E-state index < -0.39 is 11.4 Å². The molecule has 0 radical (unpaired) electrons. The highest BCUT2D eigenvalue weighted by Crippen LogP contribution is 2.38. The van der Waals surface area contributed by atoms with Crippen molar-refractivity contribution in [2.45, 2.75) is 118 Å². The Hall–Kier alpha value is -0.530. The second kappa shape index (κ2) is 13.9. The van der Waals surface area contributed by atoms with Crippen molar-refractivity contribution >= 4 is 5.97 Å². The van der Waals surface area contributed by atoms with Crippen molar-refractivity contribution in [1.29, 1.82) is 0 Å². The van der Waals surface area contributed by atoms with Gasteiger partial charge in [-0.15, -0.1) is 0 Å². The van der Waals surface area contributed by atoms with E-state index in [9.17, 15) is 9.90 Å². The van der Waals surface area contributed by atoms with Crippen molar-refractivity contribution < 1.29 is 9.90 Å². The first kappa shape index (κ1) is 22.5. The minimum atomic E-state index is -0.564. The second-order valence-electron chi connectivity index (χ2n) is 7.62. The van der Waals surface area contributed by atoms with Gasteiger partial charge in [-0.05, 0) is 25.2 Å². The van der Waals surface area contributed by atoms with E-state index in [0.29, 0.717) is 5.92 Å². The zero-order chi connectivity index (χ0) is 17.6. The van der Waals surface area contributed by atoms with E-state index in [2.05, 4.69) is 27.7 Å². The van der Waals surface area contributed by atoms with Gasteiger partial charge in [0.15, 0.2) is 0 Å². The summed E-state index contributed by atoms with van der Waals surface area (Å²) in [5.74, 6) is -0.0327. The minimum absolute atomic E-state index is 0.477. The molecule has 0 aliphatic rings. The van der Waals surface area contributed by atoms with E-state index in [1.807, 2.05) is 0 Å². The number of aliphatic carboxylic acids is 1. The van der Waals surface area contributed by atoms with Crippen LogP contribution in [0.3, 0.4) is 0 Å². The van der Waals surface area contributed by atoms with Gasteiger partial charge in [-0.1, -0.05) is 98.3 Å². The highest BCUT2D eigenvalue weighted by molar-refractivity contribution is 5.74. The summed E-state index contributed by atoms with van der Waals surface area (Å²) in [4.78, 5) is 11.9. The van der Waals surface area contributed by atoms with Crippen LogP contribution < -0.4 is 0 Å². The Labute approximate surface area is 145 Å². The smallest absolute Gasteiger partial charge is 0.309 e. The number of hydrogen-bond acceptors (Lipinski definition) is 1. The van der Waals surface area contributed by atoms with E-state index in [-0.39, 0.29) is 0 Å². The minimum Gasteiger partial charge on any atom is -0.481 e. The van der Waals surface area contributed by atoms with Crippen molar-refractivity contribution in [3.63, 3.8) is 0 Å². The second-order valence-corrected chi connectivity index (χ2v) is 7.62. The molecule has 0 spiro atoms. The van der Waals surface area contributed by atoms with Crippen LogP contribution in [0.5, 0.6) is 0 Å². The lowest BCUT2D eigenvalue weighted by atomic mass is 9.73. The van der Waals surface area contributed by atoms with Gasteiger partial charge in [0.2, 0.25) is 0 Å². The predicted octanol–water partition coefficient (Wildman–Crippen LogP) is 7.21. The summed E-state index contributed by atoms with van der Waals surface area (Å²) in [5.41, 5.74) is -0.477. The quantitative estimate of drug-likeness (QED) is 0.304. The van der Waals surface area contributed by atoms with Gasteiger partial charge in [-0.3, -0.25) is 4.79 Å². The largest absolute Gasteiger partial charge is 0.481 e. The fourth-order valence-electron chi connectivity index (χ4n) is 3.70. The molecule has 138 valence electrons. The van der Waals surface area contributed by atoms with Crippen LogP contribution in [0.2, 0.25) is 0 Å². The first-order chi connectivity index (χ1) is 11.0. The monoisotopic (exact) mass is 326 g/mol. The maximum absolute atomic E-state index is 11.9. The van der Waals surface area contributed by atoms with Gasteiger partial charge in [-0.25, -0.2) is 0 Å². The summed E-state index contributed by atoms with van der Waals surface area (Å²) in [6.45, 7) is 8.77. The van der Waals surface area contributed by atoms with E-state index in [0.717, 1.165) is 25.7 Å². The molecule has 0 heterocycles. The third kappa shape index (κ3) is 10.0. The van der Waals surface area contributed by atoms with Crippen molar-refractivity contribution in [1.82, 2.24) is 0 Å². The number of carboxylic acids is 1. The molecule has 0 saturated heterocycles. The molecule has 0 rings (SSSR count). The molecule has 0 amide bonds. The fourth-order valence-corrected chi connectivity index (χ4v) is 3.70. The molecule has 0 aromatic rings. The average Bonchev–Trinajstić information content (AvgIpc) is 2.53. The van der Waals surface area contributed by atoms with Crippen molar-refractivity contribution in [2.75, 3.05) is 0 Å². The van der Waals surface area contributed by atoms with Crippen LogP contribution in [0.1, 0.15) is 118 Å². The maximum Gasteiger partial charge on any atom is 0.309 e. The van der Waals surface area contributed by atoms with Crippen LogP contribution in [-0.4, -0.2) is 11.1 Å². The van der Waals surface area contributed by atoms with Crippen LogP contribution >= 0.6 is 0 Å². The van der Waals surface area contributed by atoms with Gasteiger partial charge in [-0.2, -0.15) is 0 Å². The molecule has 0 bridgehead atoms.